The van der Waals surface area contributed by atoms with E-state index in [0.29, 0.717) is 6.04 Å². The zero-order chi connectivity index (χ0) is 9.84. The summed E-state index contributed by atoms with van der Waals surface area (Å²) >= 11 is 0. The van der Waals surface area contributed by atoms with Gasteiger partial charge in [-0.25, -0.2) is 0 Å². The van der Waals surface area contributed by atoms with Crippen molar-refractivity contribution in [3.63, 3.8) is 0 Å². The van der Waals surface area contributed by atoms with Gasteiger partial charge >= 0.3 is 0 Å². The van der Waals surface area contributed by atoms with Crippen LogP contribution in [0.1, 0.15) is 33.6 Å². The lowest BCUT2D eigenvalue weighted by molar-refractivity contribution is -0.124. The van der Waals surface area contributed by atoms with E-state index in [1.165, 1.54) is 0 Å². The lowest BCUT2D eigenvalue weighted by atomic mass is 10.2. The second-order valence-corrected chi connectivity index (χ2v) is 3.98. The maximum absolute atomic E-state index is 9.47. The Morgan fingerprint density at radius 3 is 2.77 bits per heavy atom. The fourth-order valence-electron chi connectivity index (χ4n) is 1.92. The minimum Gasteiger partial charge on any atom is -0.368 e. The summed E-state index contributed by atoms with van der Waals surface area (Å²) < 4.78 is 5.37. The van der Waals surface area contributed by atoms with Gasteiger partial charge in [0.05, 0.1) is 6.10 Å². The smallest absolute Gasteiger partial charge is 0.156 e. The number of hydrogen-bond acceptors (Lipinski definition) is 3. The van der Waals surface area contributed by atoms with Crippen LogP contribution >= 0.6 is 0 Å². The van der Waals surface area contributed by atoms with Gasteiger partial charge in [-0.3, -0.25) is 4.90 Å². The van der Waals surface area contributed by atoms with E-state index in [1.54, 1.807) is 0 Å². The van der Waals surface area contributed by atoms with Crippen molar-refractivity contribution in [3.05, 3.63) is 0 Å². The Labute approximate surface area is 80.7 Å². The van der Waals surface area contributed by atoms with Gasteiger partial charge in [-0.2, -0.15) is 0 Å². The third-order valence-corrected chi connectivity index (χ3v) is 2.56. The molecule has 3 heteroatoms. The first-order valence-corrected chi connectivity index (χ1v) is 5.21. The fourth-order valence-corrected chi connectivity index (χ4v) is 1.92. The van der Waals surface area contributed by atoms with E-state index in [2.05, 4.69) is 18.7 Å². The van der Waals surface area contributed by atoms with E-state index in [9.17, 15) is 5.11 Å². The van der Waals surface area contributed by atoms with Gasteiger partial charge in [0, 0.05) is 19.0 Å². The first kappa shape index (κ1) is 11.0. The Kier molecular flexibility index (Phi) is 4.16. The molecule has 0 aromatic carbocycles. The molecule has 0 spiro atoms. The number of ether oxygens (including phenoxy) is 1. The van der Waals surface area contributed by atoms with Crippen molar-refractivity contribution < 1.29 is 9.84 Å². The quantitative estimate of drug-likeness (QED) is 0.705. The summed E-state index contributed by atoms with van der Waals surface area (Å²) in [5.74, 6) is 0. The Bertz CT molecular complexity index is 152. The summed E-state index contributed by atoms with van der Waals surface area (Å²) in [5, 5.41) is 9.47. The highest BCUT2D eigenvalue weighted by molar-refractivity contribution is 4.74. The second-order valence-electron chi connectivity index (χ2n) is 3.98. The van der Waals surface area contributed by atoms with Gasteiger partial charge in [0.25, 0.3) is 0 Å². The third kappa shape index (κ3) is 3.25. The molecule has 1 aliphatic rings. The molecule has 1 N–H and O–H groups in total. The summed E-state index contributed by atoms with van der Waals surface area (Å²) in [6.45, 7) is 8.39. The predicted octanol–water partition coefficient (Wildman–Crippen LogP) is 1.21. The fraction of sp³-hybridized carbons (Fsp3) is 1.00. The molecule has 1 saturated heterocycles. The van der Waals surface area contributed by atoms with Gasteiger partial charge in [0.2, 0.25) is 0 Å². The molecule has 1 aliphatic heterocycles. The van der Waals surface area contributed by atoms with Crippen LogP contribution in [-0.2, 0) is 4.74 Å². The largest absolute Gasteiger partial charge is 0.368 e. The number of aliphatic hydroxyl groups excluding tert-OH is 1. The lowest BCUT2D eigenvalue weighted by Crippen LogP contribution is -2.36. The molecule has 0 aromatic rings. The molecular formula is C10H21NO2. The van der Waals surface area contributed by atoms with Gasteiger partial charge in [0.1, 0.15) is 0 Å². The van der Waals surface area contributed by atoms with E-state index in [-0.39, 0.29) is 6.10 Å². The summed E-state index contributed by atoms with van der Waals surface area (Å²) in [4.78, 5) is 2.39. The van der Waals surface area contributed by atoms with Crippen LogP contribution < -0.4 is 0 Å². The number of rotatable bonds is 2. The van der Waals surface area contributed by atoms with Crippen LogP contribution in [0.3, 0.4) is 0 Å². The Morgan fingerprint density at radius 2 is 2.15 bits per heavy atom. The molecule has 0 bridgehead atoms. The SMILES string of the molecule is CCCN1C[C@H](C)O[C@@H](O)C[C@H]1C. The molecule has 13 heavy (non-hydrogen) atoms. The third-order valence-electron chi connectivity index (χ3n) is 2.56. The lowest BCUT2D eigenvalue weighted by Gasteiger charge is -2.26. The van der Waals surface area contributed by atoms with Crippen molar-refractivity contribution in [3.8, 4) is 0 Å². The van der Waals surface area contributed by atoms with Crippen LogP contribution in [-0.4, -0.2) is 41.5 Å². The highest BCUT2D eigenvalue weighted by Gasteiger charge is 2.25. The molecule has 0 unspecified atom stereocenters. The molecule has 3 nitrogen and oxygen atoms in total. The molecule has 0 saturated carbocycles. The van der Waals surface area contributed by atoms with Crippen LogP contribution in [0.15, 0.2) is 0 Å². The molecule has 0 aliphatic carbocycles. The first-order chi connectivity index (χ1) is 6.13. The van der Waals surface area contributed by atoms with E-state index in [4.69, 9.17) is 4.74 Å². The molecule has 0 amide bonds. The van der Waals surface area contributed by atoms with Crippen molar-refractivity contribution in [1.82, 2.24) is 4.90 Å². The number of nitrogens with zero attached hydrogens (tertiary/aromatic N) is 1. The second kappa shape index (κ2) is 4.94. The van der Waals surface area contributed by atoms with Gasteiger partial charge in [-0.15, -0.1) is 0 Å². The first-order valence-electron chi connectivity index (χ1n) is 5.21. The van der Waals surface area contributed by atoms with Gasteiger partial charge in [-0.05, 0) is 26.8 Å². The molecular weight excluding hydrogens is 166 g/mol. The maximum Gasteiger partial charge on any atom is 0.156 e. The summed E-state index contributed by atoms with van der Waals surface area (Å²) in [6.07, 6.45) is 1.45. The topological polar surface area (TPSA) is 32.7 Å². The molecule has 3 atom stereocenters. The molecule has 1 heterocycles. The zero-order valence-electron chi connectivity index (χ0n) is 8.86. The van der Waals surface area contributed by atoms with Crippen LogP contribution in [0.5, 0.6) is 0 Å². The summed E-state index contributed by atoms with van der Waals surface area (Å²) in [6, 6.07) is 0.430. The highest BCUT2D eigenvalue weighted by Crippen LogP contribution is 2.16. The average Bonchev–Trinajstić information content (AvgIpc) is 2.12. The Hall–Kier alpha value is -0.120. The van der Waals surface area contributed by atoms with Crippen LogP contribution in [0.2, 0.25) is 0 Å². The average molecular weight is 187 g/mol. The summed E-state index contributed by atoms with van der Waals surface area (Å²) in [5.41, 5.74) is 0. The van der Waals surface area contributed by atoms with Crippen molar-refractivity contribution >= 4 is 0 Å². The van der Waals surface area contributed by atoms with E-state index < -0.39 is 6.29 Å². The van der Waals surface area contributed by atoms with E-state index in [0.717, 1.165) is 25.9 Å². The molecule has 0 aromatic heterocycles. The minimum absolute atomic E-state index is 0.145. The van der Waals surface area contributed by atoms with Gasteiger partial charge in [-0.1, -0.05) is 6.92 Å². The van der Waals surface area contributed by atoms with E-state index >= 15 is 0 Å². The molecule has 1 rings (SSSR count). The standard InChI is InChI=1S/C10H21NO2/c1-4-5-11-7-9(3)13-10(12)6-8(11)2/h8-10,12H,4-7H2,1-3H3/t8-,9+,10-/m1/s1. The van der Waals surface area contributed by atoms with Crippen LogP contribution in [0.25, 0.3) is 0 Å². The predicted molar refractivity (Wildman–Crippen MR) is 52.5 cm³/mol. The van der Waals surface area contributed by atoms with Gasteiger partial charge in [0.15, 0.2) is 6.29 Å². The Balaban J connectivity index is 2.52. The minimum atomic E-state index is -0.577. The van der Waals surface area contributed by atoms with Crippen molar-refractivity contribution in [2.45, 2.75) is 52.0 Å². The number of aliphatic hydroxyl groups is 1. The maximum atomic E-state index is 9.47. The Morgan fingerprint density at radius 1 is 1.46 bits per heavy atom. The molecule has 78 valence electrons. The number of hydrogen-bond donors (Lipinski definition) is 1. The zero-order valence-corrected chi connectivity index (χ0v) is 8.86. The van der Waals surface area contributed by atoms with Crippen molar-refractivity contribution in [1.29, 1.82) is 0 Å². The van der Waals surface area contributed by atoms with Gasteiger partial charge < -0.3 is 9.84 Å². The summed E-state index contributed by atoms with van der Waals surface area (Å²) in [7, 11) is 0. The van der Waals surface area contributed by atoms with Crippen LogP contribution in [0, 0.1) is 0 Å². The normalized spacial score (nSPS) is 37.4. The van der Waals surface area contributed by atoms with Crippen LogP contribution in [0.4, 0.5) is 0 Å². The molecule has 0 radical (unpaired) electrons. The molecule has 1 fully saturated rings. The van der Waals surface area contributed by atoms with E-state index in [1.807, 2.05) is 6.92 Å². The van der Waals surface area contributed by atoms with Crippen molar-refractivity contribution in [2.75, 3.05) is 13.1 Å². The monoisotopic (exact) mass is 187 g/mol. The van der Waals surface area contributed by atoms with Crippen molar-refractivity contribution in [2.24, 2.45) is 0 Å². The highest BCUT2D eigenvalue weighted by atomic mass is 16.6.